The fraction of sp³-hybridized carbons (Fsp3) is 0.444. The highest BCUT2D eigenvalue weighted by Gasteiger charge is 2.42. The van der Waals surface area contributed by atoms with Crippen molar-refractivity contribution in [1.29, 1.82) is 0 Å². The molecule has 8 heteroatoms. The summed E-state index contributed by atoms with van der Waals surface area (Å²) in [5, 5.41) is 0.628. The number of H-pyrrole nitrogens is 1. The van der Waals surface area contributed by atoms with Crippen LogP contribution in [0, 0.1) is 5.92 Å². The number of halogens is 3. The maximum Gasteiger partial charge on any atom is 0.393 e. The normalized spacial score (nSPS) is 18.2. The lowest BCUT2D eigenvalue weighted by atomic mass is 9.97. The van der Waals surface area contributed by atoms with Gasteiger partial charge in [0.25, 0.3) is 5.91 Å². The number of aromatic nitrogens is 1. The molecule has 1 N–H and O–H groups in total. The molecule has 1 fully saturated rings. The highest BCUT2D eigenvalue weighted by atomic mass is 19.4. The molecule has 1 aromatic carbocycles. The van der Waals surface area contributed by atoms with E-state index in [0.29, 0.717) is 29.4 Å². The Labute approximate surface area is 148 Å². The topological polar surface area (TPSA) is 62.4 Å². The molecule has 26 heavy (non-hydrogen) atoms. The smallest absolute Gasteiger partial charge is 0.393 e. The van der Waals surface area contributed by atoms with Gasteiger partial charge in [-0.1, -0.05) is 0 Å². The summed E-state index contributed by atoms with van der Waals surface area (Å²) in [6.45, 7) is 1.93. The lowest BCUT2D eigenvalue weighted by molar-refractivity contribution is -0.184. The summed E-state index contributed by atoms with van der Waals surface area (Å²) < 4.78 is 43.8. The van der Waals surface area contributed by atoms with E-state index in [2.05, 4.69) is 4.98 Å². The first-order valence-corrected chi connectivity index (χ1v) is 8.45. The van der Waals surface area contributed by atoms with Gasteiger partial charge in [-0.3, -0.25) is 4.79 Å². The third kappa shape index (κ3) is 3.68. The maximum atomic E-state index is 12.9. The van der Waals surface area contributed by atoms with Crippen LogP contribution in [0.4, 0.5) is 13.2 Å². The van der Waals surface area contributed by atoms with E-state index in [1.807, 2.05) is 0 Å². The second kappa shape index (κ2) is 7.01. The van der Waals surface area contributed by atoms with Crippen molar-refractivity contribution in [2.24, 2.45) is 5.92 Å². The third-order valence-corrected chi connectivity index (χ3v) is 4.53. The highest BCUT2D eigenvalue weighted by Crippen LogP contribution is 2.33. The van der Waals surface area contributed by atoms with Crippen molar-refractivity contribution in [1.82, 2.24) is 9.88 Å². The number of alkyl halides is 3. The summed E-state index contributed by atoms with van der Waals surface area (Å²) in [4.78, 5) is 28.5. The van der Waals surface area contributed by atoms with Crippen LogP contribution in [0.15, 0.2) is 24.3 Å². The van der Waals surface area contributed by atoms with Gasteiger partial charge in [0.1, 0.15) is 5.69 Å². The fourth-order valence-corrected chi connectivity index (χ4v) is 3.20. The number of piperidine rings is 1. The SMILES string of the molecule is CCOC(=O)c1cc2cc(C(=O)N3CCC[C@H](C(F)(F)F)C3)ccc2[nH]1. The van der Waals surface area contributed by atoms with Crippen molar-refractivity contribution in [2.45, 2.75) is 25.9 Å². The molecule has 2 aromatic rings. The molecule has 5 nitrogen and oxygen atoms in total. The highest BCUT2D eigenvalue weighted by molar-refractivity contribution is 6.00. The number of nitrogens with one attached hydrogen (secondary N) is 1. The van der Waals surface area contributed by atoms with Crippen LogP contribution >= 0.6 is 0 Å². The zero-order valence-corrected chi connectivity index (χ0v) is 14.2. The summed E-state index contributed by atoms with van der Waals surface area (Å²) in [5.74, 6) is -2.41. The van der Waals surface area contributed by atoms with Gasteiger partial charge in [-0.2, -0.15) is 13.2 Å². The first-order chi connectivity index (χ1) is 12.3. The Morgan fingerprint density at radius 3 is 2.77 bits per heavy atom. The van der Waals surface area contributed by atoms with Gasteiger partial charge in [-0.05, 0) is 44.0 Å². The number of rotatable bonds is 3. The van der Waals surface area contributed by atoms with Crippen molar-refractivity contribution >= 4 is 22.8 Å². The fourth-order valence-electron chi connectivity index (χ4n) is 3.20. The van der Waals surface area contributed by atoms with E-state index in [1.54, 1.807) is 31.2 Å². The van der Waals surface area contributed by atoms with E-state index in [4.69, 9.17) is 4.74 Å². The van der Waals surface area contributed by atoms with E-state index in [1.165, 1.54) is 4.90 Å². The van der Waals surface area contributed by atoms with E-state index < -0.39 is 24.0 Å². The van der Waals surface area contributed by atoms with Gasteiger partial charge >= 0.3 is 12.1 Å². The molecule has 1 aliphatic heterocycles. The van der Waals surface area contributed by atoms with Crippen LogP contribution in [0.2, 0.25) is 0 Å². The van der Waals surface area contributed by atoms with Gasteiger partial charge in [-0.15, -0.1) is 0 Å². The Morgan fingerprint density at radius 1 is 1.31 bits per heavy atom. The van der Waals surface area contributed by atoms with Gasteiger partial charge in [0.2, 0.25) is 0 Å². The Balaban J connectivity index is 1.81. The zero-order chi connectivity index (χ0) is 18.9. The third-order valence-electron chi connectivity index (χ3n) is 4.53. The van der Waals surface area contributed by atoms with Crippen LogP contribution in [0.3, 0.4) is 0 Å². The van der Waals surface area contributed by atoms with Crippen molar-refractivity contribution < 1.29 is 27.5 Å². The Morgan fingerprint density at radius 2 is 2.08 bits per heavy atom. The first-order valence-electron chi connectivity index (χ1n) is 8.45. The molecule has 1 aliphatic rings. The minimum absolute atomic E-state index is 0.0486. The molecule has 0 aliphatic carbocycles. The monoisotopic (exact) mass is 368 g/mol. The van der Waals surface area contributed by atoms with Crippen LogP contribution in [0.25, 0.3) is 10.9 Å². The first kappa shape index (κ1) is 18.3. The number of likely N-dealkylation sites (tertiary alicyclic amines) is 1. The van der Waals surface area contributed by atoms with Gasteiger partial charge < -0.3 is 14.6 Å². The van der Waals surface area contributed by atoms with E-state index >= 15 is 0 Å². The van der Waals surface area contributed by atoms with Crippen molar-refractivity contribution in [3.63, 3.8) is 0 Å². The number of hydrogen-bond acceptors (Lipinski definition) is 3. The second-order valence-corrected chi connectivity index (χ2v) is 6.34. The van der Waals surface area contributed by atoms with Crippen molar-refractivity contribution in [3.8, 4) is 0 Å². The number of benzene rings is 1. The molecule has 1 saturated heterocycles. The Kier molecular flexibility index (Phi) is 4.93. The van der Waals surface area contributed by atoms with Crippen LogP contribution in [0.1, 0.15) is 40.6 Å². The van der Waals surface area contributed by atoms with Crippen LogP contribution < -0.4 is 0 Å². The number of hydrogen-bond donors (Lipinski definition) is 1. The quantitative estimate of drug-likeness (QED) is 0.839. The standard InChI is InChI=1S/C18H19F3N2O3/c1-2-26-17(25)15-9-12-8-11(5-6-14(12)22-15)16(24)23-7-3-4-13(10-23)18(19,20)21/h5-6,8-9,13,22H,2-4,7,10H2,1H3/t13-/m0/s1. The van der Waals surface area contributed by atoms with Crippen LogP contribution in [-0.4, -0.2) is 47.6 Å². The molecule has 3 rings (SSSR count). The average Bonchev–Trinajstić information content (AvgIpc) is 3.04. The van der Waals surface area contributed by atoms with Gasteiger partial charge in [0.15, 0.2) is 0 Å². The number of esters is 1. The molecule has 0 unspecified atom stereocenters. The number of ether oxygens (including phenoxy) is 1. The zero-order valence-electron chi connectivity index (χ0n) is 14.2. The maximum absolute atomic E-state index is 12.9. The number of aromatic amines is 1. The minimum atomic E-state index is -4.29. The molecule has 0 bridgehead atoms. The predicted molar refractivity (Wildman–Crippen MR) is 88.9 cm³/mol. The van der Waals surface area contributed by atoms with Crippen LogP contribution in [-0.2, 0) is 4.74 Å². The molecule has 2 heterocycles. The molecular weight excluding hydrogens is 349 g/mol. The number of fused-ring (bicyclic) bond motifs is 1. The number of nitrogens with zero attached hydrogens (tertiary/aromatic N) is 1. The molecule has 140 valence electrons. The average molecular weight is 368 g/mol. The van der Waals surface area contributed by atoms with Gasteiger partial charge in [-0.25, -0.2) is 4.79 Å². The van der Waals surface area contributed by atoms with Crippen molar-refractivity contribution in [3.05, 3.63) is 35.5 Å². The molecule has 0 spiro atoms. The molecule has 1 aromatic heterocycles. The minimum Gasteiger partial charge on any atom is -0.461 e. The summed E-state index contributed by atoms with van der Waals surface area (Å²) >= 11 is 0. The van der Waals surface area contributed by atoms with Gasteiger partial charge in [0.05, 0.1) is 12.5 Å². The molecule has 1 atom stereocenters. The largest absolute Gasteiger partial charge is 0.461 e. The Hall–Kier alpha value is -2.51. The molecule has 0 radical (unpaired) electrons. The summed E-state index contributed by atoms with van der Waals surface area (Å²) in [6, 6.07) is 6.33. The van der Waals surface area contributed by atoms with Crippen LogP contribution in [0.5, 0.6) is 0 Å². The molecule has 1 amide bonds. The second-order valence-electron chi connectivity index (χ2n) is 6.34. The predicted octanol–water partition coefficient (Wildman–Crippen LogP) is 3.76. The lowest BCUT2D eigenvalue weighted by Crippen LogP contribution is -2.44. The summed E-state index contributed by atoms with van der Waals surface area (Å²) in [5.41, 5.74) is 1.22. The van der Waals surface area contributed by atoms with E-state index in [9.17, 15) is 22.8 Å². The van der Waals surface area contributed by atoms with E-state index in [-0.39, 0.29) is 25.3 Å². The number of carbonyl (C=O) groups excluding carboxylic acids is 2. The Bertz CT molecular complexity index is 829. The molecular formula is C18H19F3N2O3. The number of carbonyl (C=O) groups is 2. The van der Waals surface area contributed by atoms with E-state index in [0.717, 1.165) is 0 Å². The summed E-state index contributed by atoms with van der Waals surface area (Å²) in [7, 11) is 0. The lowest BCUT2D eigenvalue weighted by Gasteiger charge is -2.33. The number of amides is 1. The molecule has 0 saturated carbocycles. The van der Waals surface area contributed by atoms with Crippen molar-refractivity contribution in [2.75, 3.05) is 19.7 Å². The summed E-state index contributed by atoms with van der Waals surface area (Å²) in [6.07, 6.45) is -3.92. The van der Waals surface area contributed by atoms with Gasteiger partial charge in [0, 0.05) is 29.6 Å².